The van der Waals surface area contributed by atoms with Crippen molar-refractivity contribution in [3.05, 3.63) is 29.2 Å². The van der Waals surface area contributed by atoms with E-state index in [9.17, 15) is 13.2 Å². The Kier molecular flexibility index (Phi) is 5.04. The molecule has 146 valence electrons. The number of rotatable bonds is 6. The number of piperidine rings is 1. The molecular weight excluding hydrogens is 386 g/mol. The lowest BCUT2D eigenvalue weighted by atomic mass is 9.99. The summed E-state index contributed by atoms with van der Waals surface area (Å²) in [5.41, 5.74) is 0. The summed E-state index contributed by atoms with van der Waals surface area (Å²) in [6, 6.07) is 3.90. The lowest BCUT2D eigenvalue weighted by molar-refractivity contribution is -0.126. The molecule has 4 rings (SSSR count). The van der Waals surface area contributed by atoms with Crippen molar-refractivity contribution in [1.29, 1.82) is 0 Å². The molecule has 0 radical (unpaired) electrons. The van der Waals surface area contributed by atoms with Crippen molar-refractivity contribution in [2.75, 3.05) is 13.1 Å². The number of nitrogens with one attached hydrogen (secondary N) is 1. The number of aromatic nitrogens is 3. The molecule has 8 nitrogen and oxygen atoms in total. The molecule has 1 atom stereocenters. The van der Waals surface area contributed by atoms with E-state index in [1.54, 1.807) is 12.4 Å². The van der Waals surface area contributed by atoms with E-state index in [4.69, 9.17) is 0 Å². The number of sulfonamides is 1. The van der Waals surface area contributed by atoms with Crippen LogP contribution in [0, 0.1) is 12.8 Å². The monoisotopic (exact) mass is 409 g/mol. The van der Waals surface area contributed by atoms with Crippen molar-refractivity contribution in [2.24, 2.45) is 5.92 Å². The van der Waals surface area contributed by atoms with E-state index >= 15 is 0 Å². The molecule has 1 amide bonds. The van der Waals surface area contributed by atoms with Crippen LogP contribution >= 0.6 is 11.3 Å². The Balaban J connectivity index is 1.38. The first-order valence-corrected chi connectivity index (χ1v) is 11.4. The summed E-state index contributed by atoms with van der Waals surface area (Å²) >= 11 is 1.27. The number of aryl methyl sites for hydroxylation is 1. The van der Waals surface area contributed by atoms with Gasteiger partial charge >= 0.3 is 0 Å². The van der Waals surface area contributed by atoms with Gasteiger partial charge in [0.1, 0.15) is 10.5 Å². The van der Waals surface area contributed by atoms with Crippen LogP contribution < -0.4 is 5.32 Å². The van der Waals surface area contributed by atoms with Crippen molar-refractivity contribution >= 4 is 27.3 Å². The predicted octanol–water partition coefficient (Wildman–Crippen LogP) is 1.70. The van der Waals surface area contributed by atoms with Crippen molar-refractivity contribution in [2.45, 2.75) is 49.4 Å². The van der Waals surface area contributed by atoms with Crippen LogP contribution in [-0.2, 0) is 21.4 Å². The number of nitrogens with zero attached hydrogens (tertiary/aromatic N) is 4. The largest absolute Gasteiger partial charge is 0.349 e. The molecule has 0 aromatic carbocycles. The third kappa shape index (κ3) is 3.92. The second-order valence-electron chi connectivity index (χ2n) is 7.17. The summed E-state index contributed by atoms with van der Waals surface area (Å²) in [4.78, 5) is 13.6. The van der Waals surface area contributed by atoms with E-state index in [1.165, 1.54) is 15.6 Å². The van der Waals surface area contributed by atoms with Gasteiger partial charge in [0.25, 0.3) is 10.0 Å². The normalized spacial score (nSPS) is 21.3. The van der Waals surface area contributed by atoms with E-state index < -0.39 is 10.0 Å². The predicted molar refractivity (Wildman–Crippen MR) is 101 cm³/mol. The summed E-state index contributed by atoms with van der Waals surface area (Å²) in [5.74, 6) is 0.287. The lowest BCUT2D eigenvalue weighted by Gasteiger charge is -2.30. The highest BCUT2D eigenvalue weighted by Crippen LogP contribution is 2.35. The smallest absolute Gasteiger partial charge is 0.252 e. The van der Waals surface area contributed by atoms with Crippen LogP contribution in [0.25, 0.3) is 0 Å². The van der Waals surface area contributed by atoms with Crippen molar-refractivity contribution < 1.29 is 13.2 Å². The van der Waals surface area contributed by atoms with E-state index in [-0.39, 0.29) is 18.4 Å². The Morgan fingerprint density at radius 3 is 2.85 bits per heavy atom. The molecule has 2 aromatic heterocycles. The Bertz CT molecular complexity index is 932. The first-order valence-electron chi connectivity index (χ1n) is 9.18. The van der Waals surface area contributed by atoms with Crippen molar-refractivity contribution in [3.63, 3.8) is 0 Å². The van der Waals surface area contributed by atoms with Gasteiger partial charge in [-0.15, -0.1) is 21.5 Å². The summed E-state index contributed by atoms with van der Waals surface area (Å²) in [6.07, 6.45) is 5.32. The first kappa shape index (κ1) is 18.6. The summed E-state index contributed by atoms with van der Waals surface area (Å²) in [7, 11) is -3.53. The molecule has 1 unspecified atom stereocenters. The zero-order chi connectivity index (χ0) is 19.0. The van der Waals surface area contributed by atoms with Gasteiger partial charge in [0, 0.05) is 24.0 Å². The fourth-order valence-corrected chi connectivity index (χ4v) is 6.38. The third-order valence-electron chi connectivity index (χ3n) is 5.07. The second-order valence-corrected chi connectivity index (χ2v) is 10.6. The molecule has 10 heteroatoms. The van der Waals surface area contributed by atoms with Crippen molar-refractivity contribution in [1.82, 2.24) is 24.4 Å². The maximum Gasteiger partial charge on any atom is 0.252 e. The zero-order valence-corrected chi connectivity index (χ0v) is 16.8. The summed E-state index contributed by atoms with van der Waals surface area (Å²) < 4.78 is 29.4. The first-order chi connectivity index (χ1) is 12.9. The Labute approximate surface area is 162 Å². The SMILES string of the molecule is Cc1ccc(S(=O)(=O)N2CCCC(C(=O)NCc3nncn3C3CC3)C2)s1. The molecule has 2 fully saturated rings. The van der Waals surface area contributed by atoms with Crippen LogP contribution in [0.1, 0.15) is 42.4 Å². The summed E-state index contributed by atoms with van der Waals surface area (Å²) in [6.45, 7) is 2.89. The molecule has 1 N–H and O–H groups in total. The van der Waals surface area contributed by atoms with Crippen LogP contribution in [0.2, 0.25) is 0 Å². The maximum absolute atomic E-state index is 12.8. The van der Waals surface area contributed by atoms with Crippen LogP contribution in [0.15, 0.2) is 22.7 Å². The Morgan fingerprint density at radius 2 is 2.15 bits per heavy atom. The number of carbonyl (C=O) groups excluding carboxylic acids is 1. The van der Waals surface area contributed by atoms with Gasteiger partial charge in [0.15, 0.2) is 5.82 Å². The number of thiophene rings is 1. The van der Waals surface area contributed by atoms with Gasteiger partial charge in [-0.25, -0.2) is 8.42 Å². The maximum atomic E-state index is 12.8. The minimum absolute atomic E-state index is 0.123. The Hall–Kier alpha value is -1.78. The molecule has 2 aliphatic rings. The molecule has 27 heavy (non-hydrogen) atoms. The van der Waals surface area contributed by atoms with E-state index in [2.05, 4.69) is 15.5 Å². The summed E-state index contributed by atoms with van der Waals surface area (Å²) in [5, 5.41) is 10.9. The fourth-order valence-electron chi connectivity index (χ4n) is 3.41. The molecule has 1 saturated carbocycles. The number of hydrogen-bond acceptors (Lipinski definition) is 6. The zero-order valence-electron chi connectivity index (χ0n) is 15.2. The molecule has 0 bridgehead atoms. The highest BCUT2D eigenvalue weighted by molar-refractivity contribution is 7.91. The average Bonchev–Trinajstić information content (AvgIpc) is 3.23. The van der Waals surface area contributed by atoms with Crippen LogP contribution in [0.5, 0.6) is 0 Å². The van der Waals surface area contributed by atoms with Gasteiger partial charge in [-0.1, -0.05) is 0 Å². The second kappa shape index (κ2) is 7.33. The molecule has 0 spiro atoms. The fraction of sp³-hybridized carbons (Fsp3) is 0.588. The van der Waals surface area contributed by atoms with Crippen LogP contribution in [0.4, 0.5) is 0 Å². The van der Waals surface area contributed by atoms with Crippen LogP contribution in [-0.4, -0.2) is 46.5 Å². The molecular formula is C17H23N5O3S2. The number of amides is 1. The quantitative estimate of drug-likeness (QED) is 0.783. The highest BCUT2D eigenvalue weighted by Gasteiger charge is 2.34. The van der Waals surface area contributed by atoms with E-state index in [1.807, 2.05) is 17.6 Å². The topological polar surface area (TPSA) is 97.2 Å². The van der Waals surface area contributed by atoms with E-state index in [0.717, 1.165) is 23.5 Å². The third-order valence-corrected chi connectivity index (χ3v) is 8.41. The highest BCUT2D eigenvalue weighted by atomic mass is 32.2. The van der Waals surface area contributed by atoms with Gasteiger partial charge in [-0.2, -0.15) is 4.31 Å². The Morgan fingerprint density at radius 1 is 1.33 bits per heavy atom. The van der Waals surface area contributed by atoms with Gasteiger partial charge in [-0.05, 0) is 44.7 Å². The molecule has 1 saturated heterocycles. The molecule has 1 aliphatic heterocycles. The van der Waals surface area contributed by atoms with Crippen LogP contribution in [0.3, 0.4) is 0 Å². The van der Waals surface area contributed by atoms with Gasteiger partial charge < -0.3 is 9.88 Å². The van der Waals surface area contributed by atoms with Gasteiger partial charge in [0.2, 0.25) is 5.91 Å². The van der Waals surface area contributed by atoms with E-state index in [0.29, 0.717) is 36.2 Å². The van der Waals surface area contributed by atoms with Gasteiger partial charge in [0.05, 0.1) is 12.5 Å². The van der Waals surface area contributed by atoms with Gasteiger partial charge in [-0.3, -0.25) is 4.79 Å². The minimum Gasteiger partial charge on any atom is -0.349 e. The molecule has 2 aromatic rings. The standard InChI is InChI=1S/C17H23N5O3S2/c1-12-4-7-16(26-12)27(24,25)21-8-2-3-13(10-21)17(23)18-9-15-20-19-11-22(15)14-5-6-14/h4,7,11,13-14H,2-3,5-6,8-10H2,1H3,(H,18,23). The molecule has 3 heterocycles. The lowest BCUT2D eigenvalue weighted by Crippen LogP contribution is -2.45. The molecule has 1 aliphatic carbocycles. The minimum atomic E-state index is -3.53. The van der Waals surface area contributed by atoms with Crippen molar-refractivity contribution in [3.8, 4) is 0 Å². The average molecular weight is 410 g/mol. The number of carbonyl (C=O) groups is 1. The number of hydrogen-bond donors (Lipinski definition) is 1.